The Morgan fingerprint density at radius 3 is 2.05 bits per heavy atom. The lowest BCUT2D eigenvalue weighted by Gasteiger charge is -2.47. The van der Waals surface area contributed by atoms with Gasteiger partial charge in [0.1, 0.15) is 60.9 Å². The van der Waals surface area contributed by atoms with Crippen molar-refractivity contribution in [2.75, 3.05) is 6.61 Å². The van der Waals surface area contributed by atoms with E-state index in [1.165, 1.54) is 38.2 Å². The Kier molecular flexibility index (Phi) is 19.1. The third kappa shape index (κ3) is 13.2. The van der Waals surface area contributed by atoms with E-state index in [9.17, 15) is 60.0 Å². The van der Waals surface area contributed by atoms with Gasteiger partial charge < -0.3 is 70.4 Å². The van der Waals surface area contributed by atoms with E-state index in [-0.39, 0.29) is 0 Å². The molecule has 0 aromatic carbocycles. The van der Waals surface area contributed by atoms with Gasteiger partial charge in [-0.2, -0.15) is 0 Å². The third-order valence-electron chi connectivity index (χ3n) is 11.3. The van der Waals surface area contributed by atoms with Crippen molar-refractivity contribution in [3.8, 4) is 0 Å². The molecule has 4 rings (SSSR count). The van der Waals surface area contributed by atoms with Crippen molar-refractivity contribution in [2.45, 2.75) is 183 Å². The maximum atomic E-state index is 13.2. The first-order chi connectivity index (χ1) is 28.1. The number of aromatic nitrogens is 2. The van der Waals surface area contributed by atoms with E-state index < -0.39 is 128 Å². The molecule has 20 nitrogen and oxygen atoms in total. The third-order valence-corrected chi connectivity index (χ3v) is 11.3. The standard InChI is InChI=1S/C39H64N4O16/c1-4-20(2)14-12-10-8-6-5-7-9-11-13-15-25(47)41-28-32(52)29(49)23(56-38(28)59-37-27(40-21(3)45)31(51)30(50)24(19-44)57-37)18-22(46)35-33(53)34(54)36(58-35)43-17-16-26(48)42-39(43)55/h13,15-17,20,22-24,27-38,44,46,49-54H,4-12,14,18-19H2,1-3H3,(H,40,45)(H,41,47)(H,42,48,55)/b15-13+. The van der Waals surface area contributed by atoms with Crippen molar-refractivity contribution in [3.63, 3.8) is 0 Å². The summed E-state index contributed by atoms with van der Waals surface area (Å²) in [5.41, 5.74) is -1.68. The van der Waals surface area contributed by atoms with Gasteiger partial charge in [-0.15, -0.1) is 0 Å². The molecule has 0 saturated carbocycles. The van der Waals surface area contributed by atoms with Gasteiger partial charge in [0.2, 0.25) is 11.8 Å². The molecule has 4 heterocycles. The minimum Gasteiger partial charge on any atom is -0.394 e. The summed E-state index contributed by atoms with van der Waals surface area (Å²) in [5, 5.41) is 91.4. The molecule has 1 aromatic heterocycles. The van der Waals surface area contributed by atoms with Crippen molar-refractivity contribution in [1.29, 1.82) is 0 Å². The minimum absolute atomic E-state index is 0.598. The summed E-state index contributed by atoms with van der Waals surface area (Å²) in [6.45, 7) is 4.83. The summed E-state index contributed by atoms with van der Waals surface area (Å²) >= 11 is 0. The molecule has 0 bridgehead atoms. The number of carbonyl (C=O) groups is 2. The molecule has 11 N–H and O–H groups in total. The van der Waals surface area contributed by atoms with Gasteiger partial charge in [0.25, 0.3) is 5.56 Å². The molecule has 59 heavy (non-hydrogen) atoms. The quantitative estimate of drug-likeness (QED) is 0.0467. The van der Waals surface area contributed by atoms with Crippen LogP contribution in [-0.4, -0.2) is 155 Å². The molecule has 2 amide bonds. The maximum Gasteiger partial charge on any atom is 0.330 e. The summed E-state index contributed by atoms with van der Waals surface area (Å²) in [7, 11) is 0. The lowest BCUT2D eigenvalue weighted by molar-refractivity contribution is -0.346. The molecule has 3 aliphatic rings. The van der Waals surface area contributed by atoms with Gasteiger partial charge >= 0.3 is 5.69 Å². The van der Waals surface area contributed by atoms with E-state index in [0.29, 0.717) is 6.42 Å². The Morgan fingerprint density at radius 1 is 0.847 bits per heavy atom. The number of nitrogens with zero attached hydrogens (tertiary/aromatic N) is 1. The topological polar surface area (TPSA) is 312 Å². The zero-order valence-corrected chi connectivity index (χ0v) is 33.8. The molecule has 0 aliphatic carbocycles. The van der Waals surface area contributed by atoms with Crippen LogP contribution in [0.15, 0.2) is 34.0 Å². The van der Waals surface area contributed by atoms with E-state index in [0.717, 1.165) is 55.4 Å². The predicted molar refractivity (Wildman–Crippen MR) is 207 cm³/mol. The number of aromatic amines is 1. The van der Waals surface area contributed by atoms with Crippen LogP contribution in [0.4, 0.5) is 0 Å². The van der Waals surface area contributed by atoms with E-state index in [4.69, 9.17) is 18.9 Å². The second kappa shape index (κ2) is 23.2. The number of hydrogen-bond donors (Lipinski definition) is 11. The summed E-state index contributed by atoms with van der Waals surface area (Å²) in [6, 6.07) is -2.01. The average Bonchev–Trinajstić information content (AvgIpc) is 3.49. The molecular formula is C39H64N4O16. The van der Waals surface area contributed by atoms with Crippen molar-refractivity contribution in [1.82, 2.24) is 20.2 Å². The molecule has 0 radical (unpaired) electrons. The smallest absolute Gasteiger partial charge is 0.330 e. The summed E-state index contributed by atoms with van der Waals surface area (Å²) < 4.78 is 24.1. The number of aliphatic hydroxyl groups is 8. The fraction of sp³-hybridized carbons (Fsp3) is 0.795. The van der Waals surface area contributed by atoms with Gasteiger partial charge in [-0.05, 0) is 24.8 Å². The average molecular weight is 845 g/mol. The molecule has 336 valence electrons. The Hall–Kier alpha value is -3.12. The van der Waals surface area contributed by atoms with Crippen LogP contribution in [0.3, 0.4) is 0 Å². The highest BCUT2D eigenvalue weighted by molar-refractivity contribution is 5.87. The second-order valence-corrected chi connectivity index (χ2v) is 15.9. The molecule has 3 saturated heterocycles. The first-order valence-electron chi connectivity index (χ1n) is 20.6. The number of hydrogen-bond acceptors (Lipinski definition) is 16. The number of ether oxygens (including phenoxy) is 4. The lowest BCUT2D eigenvalue weighted by Crippen LogP contribution is -2.68. The highest BCUT2D eigenvalue weighted by Crippen LogP contribution is 2.34. The maximum absolute atomic E-state index is 13.2. The van der Waals surface area contributed by atoms with Crippen LogP contribution in [0, 0.1) is 5.92 Å². The number of amides is 2. The largest absolute Gasteiger partial charge is 0.394 e. The molecule has 16 atom stereocenters. The van der Waals surface area contributed by atoms with Crippen molar-refractivity contribution in [2.24, 2.45) is 5.92 Å². The Balaban J connectivity index is 1.44. The summed E-state index contributed by atoms with van der Waals surface area (Å²) in [4.78, 5) is 51.1. The van der Waals surface area contributed by atoms with E-state index >= 15 is 0 Å². The Bertz CT molecular complexity index is 1610. The second-order valence-electron chi connectivity index (χ2n) is 15.9. The monoisotopic (exact) mass is 844 g/mol. The predicted octanol–water partition coefficient (Wildman–Crippen LogP) is -2.09. The van der Waals surface area contributed by atoms with Crippen LogP contribution in [0.1, 0.15) is 97.6 Å². The van der Waals surface area contributed by atoms with Gasteiger partial charge in [-0.1, -0.05) is 71.3 Å². The van der Waals surface area contributed by atoms with Crippen LogP contribution in [0.5, 0.6) is 0 Å². The van der Waals surface area contributed by atoms with Crippen molar-refractivity contribution >= 4 is 11.8 Å². The van der Waals surface area contributed by atoms with E-state index in [2.05, 4.69) is 24.5 Å². The number of carbonyl (C=O) groups excluding carboxylic acids is 2. The van der Waals surface area contributed by atoms with Gasteiger partial charge in [0.15, 0.2) is 18.8 Å². The number of H-pyrrole nitrogens is 1. The molecule has 20 heteroatoms. The van der Waals surface area contributed by atoms with Crippen LogP contribution >= 0.6 is 0 Å². The van der Waals surface area contributed by atoms with E-state index in [1.54, 1.807) is 6.08 Å². The van der Waals surface area contributed by atoms with Gasteiger partial charge in [-0.3, -0.25) is 23.9 Å². The number of nitrogens with one attached hydrogen (secondary N) is 3. The zero-order valence-electron chi connectivity index (χ0n) is 33.8. The van der Waals surface area contributed by atoms with Crippen LogP contribution < -0.4 is 21.9 Å². The van der Waals surface area contributed by atoms with Gasteiger partial charge in [-0.25, -0.2) is 4.79 Å². The van der Waals surface area contributed by atoms with E-state index in [1.807, 2.05) is 4.98 Å². The van der Waals surface area contributed by atoms with Crippen molar-refractivity contribution in [3.05, 3.63) is 45.3 Å². The first-order valence-corrected chi connectivity index (χ1v) is 20.6. The Labute approximate surface area is 342 Å². The summed E-state index contributed by atoms with van der Waals surface area (Å²) in [6.07, 6.45) is -7.71. The minimum atomic E-state index is -1.85. The molecule has 0 spiro atoms. The van der Waals surface area contributed by atoms with Crippen LogP contribution in [0.25, 0.3) is 0 Å². The Morgan fingerprint density at radius 2 is 1.44 bits per heavy atom. The molecule has 16 unspecified atom stereocenters. The van der Waals surface area contributed by atoms with Gasteiger partial charge in [0.05, 0.1) is 18.8 Å². The summed E-state index contributed by atoms with van der Waals surface area (Å²) in [5.74, 6) is -0.589. The fourth-order valence-electron chi connectivity index (χ4n) is 7.59. The van der Waals surface area contributed by atoms with Crippen LogP contribution in [-0.2, 0) is 28.5 Å². The number of aliphatic hydroxyl groups excluding tert-OH is 8. The molecule has 1 aromatic rings. The molecule has 3 fully saturated rings. The normalized spacial score (nSPS) is 34.8. The fourth-order valence-corrected chi connectivity index (χ4v) is 7.59. The molecular weight excluding hydrogens is 780 g/mol. The molecule has 3 aliphatic heterocycles. The van der Waals surface area contributed by atoms with Gasteiger partial charge in [0, 0.05) is 25.6 Å². The zero-order chi connectivity index (χ0) is 43.4. The first kappa shape index (κ1) is 48.5. The highest BCUT2D eigenvalue weighted by Gasteiger charge is 2.53. The van der Waals surface area contributed by atoms with Crippen molar-refractivity contribution < 1.29 is 69.4 Å². The SMILES string of the molecule is CCC(C)CCCCCCCCC/C=C/C(=O)NC1C(OC2OC(CO)C(O)C(O)C2NC(C)=O)OC(CC(O)C2OC(n3ccc(=O)[nH]c3=O)C(O)C2O)C(O)C1O. The number of allylic oxidation sites excluding steroid dienone is 1. The lowest BCUT2D eigenvalue weighted by atomic mass is 9.91. The van der Waals surface area contributed by atoms with Crippen LogP contribution in [0.2, 0.25) is 0 Å². The number of unbranched alkanes of at least 4 members (excludes halogenated alkanes) is 7. The highest BCUT2D eigenvalue weighted by atomic mass is 16.8. The number of rotatable bonds is 21.